The molecule has 0 spiro atoms. The molecule has 1 aliphatic heterocycles. The van der Waals surface area contributed by atoms with Gasteiger partial charge in [-0.25, -0.2) is 4.98 Å². The summed E-state index contributed by atoms with van der Waals surface area (Å²) in [6.07, 6.45) is 4.46. The Hall–Kier alpha value is -4.33. The number of imidazole rings is 1. The zero-order valence-electron chi connectivity index (χ0n) is 21.8. The van der Waals surface area contributed by atoms with E-state index in [0.717, 1.165) is 82.6 Å². The number of nitrogens with one attached hydrogen (secondary N) is 1. The second-order valence-electron chi connectivity index (χ2n) is 9.94. The van der Waals surface area contributed by atoms with Gasteiger partial charge in [0, 0.05) is 30.6 Å². The molecule has 2 aromatic heterocycles. The molecule has 3 heterocycles. The Labute approximate surface area is 221 Å². The zero-order chi connectivity index (χ0) is 26.1. The lowest BCUT2D eigenvalue weighted by atomic mass is 9.94. The van der Waals surface area contributed by atoms with Crippen LogP contribution in [0.25, 0.3) is 33.5 Å². The fourth-order valence-electron chi connectivity index (χ4n) is 5.54. The van der Waals surface area contributed by atoms with Gasteiger partial charge in [-0.3, -0.25) is 4.79 Å². The number of carbonyl (C=O) groups is 1. The topological polar surface area (TPSA) is 92.6 Å². The fourth-order valence-corrected chi connectivity index (χ4v) is 5.54. The van der Waals surface area contributed by atoms with Gasteiger partial charge in [-0.2, -0.15) is 5.21 Å². The molecule has 0 atom stereocenters. The monoisotopic (exact) mass is 505 g/mol. The molecule has 8 heteroatoms. The van der Waals surface area contributed by atoms with E-state index < -0.39 is 0 Å². The fraction of sp³-hybridized carbons (Fsp3) is 0.300. The highest BCUT2D eigenvalue weighted by Gasteiger charge is 2.23. The number of aromatic amines is 1. The SMILES string of the molecule is CCCc1nc2c(C)cc(N3CCCCC3=O)cc2n1Cc1cccc(-c2ccccc2)c1-c1nn[nH]n1. The first-order valence-corrected chi connectivity index (χ1v) is 13.3. The number of hydrogen-bond acceptors (Lipinski definition) is 5. The van der Waals surface area contributed by atoms with Crippen molar-refractivity contribution in [2.45, 2.75) is 52.5 Å². The van der Waals surface area contributed by atoms with Gasteiger partial charge >= 0.3 is 0 Å². The molecule has 0 saturated carbocycles. The molecule has 5 aromatic rings. The van der Waals surface area contributed by atoms with Crippen molar-refractivity contribution in [3.63, 3.8) is 0 Å². The van der Waals surface area contributed by atoms with Crippen LogP contribution in [0.3, 0.4) is 0 Å². The summed E-state index contributed by atoms with van der Waals surface area (Å²) in [4.78, 5) is 19.8. The summed E-state index contributed by atoms with van der Waals surface area (Å²) >= 11 is 0. The molecule has 1 fully saturated rings. The summed E-state index contributed by atoms with van der Waals surface area (Å²) in [5.74, 6) is 1.80. The number of aromatic nitrogens is 6. The molecule has 1 N–H and O–H groups in total. The van der Waals surface area contributed by atoms with Gasteiger partial charge in [-0.15, -0.1) is 10.2 Å². The van der Waals surface area contributed by atoms with Gasteiger partial charge in [0.2, 0.25) is 11.7 Å². The highest BCUT2D eigenvalue weighted by atomic mass is 16.2. The second kappa shape index (κ2) is 10.2. The van der Waals surface area contributed by atoms with Crippen LogP contribution >= 0.6 is 0 Å². The molecule has 1 saturated heterocycles. The first-order chi connectivity index (χ1) is 18.6. The smallest absolute Gasteiger partial charge is 0.226 e. The summed E-state index contributed by atoms with van der Waals surface area (Å²) < 4.78 is 2.30. The van der Waals surface area contributed by atoms with Gasteiger partial charge in [0.15, 0.2) is 0 Å². The third-order valence-electron chi connectivity index (χ3n) is 7.35. The van der Waals surface area contributed by atoms with Crippen LogP contribution in [0.4, 0.5) is 5.69 Å². The maximum absolute atomic E-state index is 12.8. The van der Waals surface area contributed by atoms with Crippen LogP contribution in [0, 0.1) is 6.92 Å². The minimum absolute atomic E-state index is 0.199. The van der Waals surface area contributed by atoms with Gasteiger partial charge in [0.05, 0.1) is 17.6 Å². The second-order valence-corrected chi connectivity index (χ2v) is 9.94. The van der Waals surface area contributed by atoms with Crippen molar-refractivity contribution in [1.29, 1.82) is 0 Å². The summed E-state index contributed by atoms with van der Waals surface area (Å²) in [7, 11) is 0. The Morgan fingerprint density at radius 2 is 1.89 bits per heavy atom. The first kappa shape index (κ1) is 24.0. The van der Waals surface area contributed by atoms with Crippen LogP contribution < -0.4 is 4.90 Å². The maximum atomic E-state index is 12.8. The maximum Gasteiger partial charge on any atom is 0.226 e. The number of H-pyrrole nitrogens is 1. The molecule has 3 aromatic carbocycles. The summed E-state index contributed by atoms with van der Waals surface area (Å²) in [5, 5.41) is 15.2. The molecule has 0 radical (unpaired) electrons. The Bertz CT molecular complexity index is 1590. The lowest BCUT2D eigenvalue weighted by Crippen LogP contribution is -2.35. The molecule has 0 aliphatic carbocycles. The third-order valence-corrected chi connectivity index (χ3v) is 7.35. The van der Waals surface area contributed by atoms with E-state index in [4.69, 9.17) is 4.98 Å². The highest BCUT2D eigenvalue weighted by molar-refractivity contribution is 5.96. The van der Waals surface area contributed by atoms with Crippen molar-refractivity contribution in [3.8, 4) is 22.5 Å². The molecular weight excluding hydrogens is 474 g/mol. The van der Waals surface area contributed by atoms with E-state index in [1.807, 2.05) is 23.1 Å². The van der Waals surface area contributed by atoms with E-state index in [2.05, 4.69) is 81.5 Å². The molecule has 6 rings (SSSR count). The van der Waals surface area contributed by atoms with E-state index >= 15 is 0 Å². The highest BCUT2D eigenvalue weighted by Crippen LogP contribution is 2.35. The van der Waals surface area contributed by atoms with E-state index in [1.54, 1.807) is 0 Å². The lowest BCUT2D eigenvalue weighted by molar-refractivity contribution is -0.119. The number of fused-ring (bicyclic) bond motifs is 1. The van der Waals surface area contributed by atoms with Crippen molar-refractivity contribution in [3.05, 3.63) is 77.6 Å². The Morgan fingerprint density at radius 1 is 1.03 bits per heavy atom. The standard InChI is InChI=1S/C30H31N7O/c1-3-10-26-31-29-20(2)17-23(36-16-8-7-15-27(36)38)18-25(29)37(26)19-22-13-9-14-24(21-11-5-4-6-12-21)28(22)30-32-34-35-33-30/h4-6,9,11-14,17-18H,3,7-8,10,15-16,19H2,1-2H3,(H,32,33,34,35). The third kappa shape index (κ3) is 4.36. The van der Waals surface area contributed by atoms with Gasteiger partial charge in [0.1, 0.15) is 5.82 Å². The van der Waals surface area contributed by atoms with Crippen molar-refractivity contribution in [2.75, 3.05) is 11.4 Å². The van der Waals surface area contributed by atoms with E-state index in [0.29, 0.717) is 18.8 Å². The van der Waals surface area contributed by atoms with Gasteiger partial charge in [-0.05, 0) is 65.8 Å². The number of hydrogen-bond donors (Lipinski definition) is 1. The number of piperidine rings is 1. The number of amides is 1. The minimum Gasteiger partial charge on any atom is -0.323 e. The number of rotatable bonds is 7. The molecule has 38 heavy (non-hydrogen) atoms. The summed E-state index contributed by atoms with van der Waals surface area (Å²) in [6, 6.07) is 20.9. The average Bonchev–Trinajstić information content (AvgIpc) is 3.59. The largest absolute Gasteiger partial charge is 0.323 e. The molecule has 1 aliphatic rings. The summed E-state index contributed by atoms with van der Waals surface area (Å²) in [5.41, 5.74) is 8.27. The van der Waals surface area contributed by atoms with Gasteiger partial charge < -0.3 is 9.47 Å². The number of nitrogens with zero attached hydrogens (tertiary/aromatic N) is 6. The Balaban J connectivity index is 1.52. The minimum atomic E-state index is 0.199. The first-order valence-electron chi connectivity index (χ1n) is 13.3. The quantitative estimate of drug-likeness (QED) is 0.306. The van der Waals surface area contributed by atoms with Crippen LogP contribution in [0.15, 0.2) is 60.7 Å². The average molecular weight is 506 g/mol. The molecule has 1 amide bonds. The molecule has 0 unspecified atom stereocenters. The van der Waals surface area contributed by atoms with Crippen LogP contribution in [-0.2, 0) is 17.8 Å². The normalized spacial score (nSPS) is 13.9. The van der Waals surface area contributed by atoms with Gasteiger partial charge in [-0.1, -0.05) is 55.5 Å². The number of anilines is 1. The van der Waals surface area contributed by atoms with Crippen LogP contribution in [0.1, 0.15) is 49.6 Å². The van der Waals surface area contributed by atoms with Crippen LogP contribution in [-0.4, -0.2) is 42.6 Å². The van der Waals surface area contributed by atoms with Crippen molar-refractivity contribution < 1.29 is 4.79 Å². The van der Waals surface area contributed by atoms with Crippen molar-refractivity contribution in [2.24, 2.45) is 0 Å². The van der Waals surface area contributed by atoms with E-state index in [-0.39, 0.29) is 5.91 Å². The van der Waals surface area contributed by atoms with E-state index in [9.17, 15) is 4.79 Å². The predicted molar refractivity (Wildman–Crippen MR) is 149 cm³/mol. The van der Waals surface area contributed by atoms with Crippen molar-refractivity contribution >= 4 is 22.6 Å². The molecular formula is C30H31N7O. The lowest BCUT2D eigenvalue weighted by Gasteiger charge is -2.27. The molecule has 192 valence electrons. The number of carbonyl (C=O) groups excluding carboxylic acids is 1. The van der Waals surface area contributed by atoms with Crippen molar-refractivity contribution in [1.82, 2.24) is 30.2 Å². The predicted octanol–water partition coefficient (Wildman–Crippen LogP) is 5.71. The van der Waals surface area contributed by atoms with Gasteiger partial charge in [0.25, 0.3) is 0 Å². The Kier molecular flexibility index (Phi) is 6.45. The number of aryl methyl sites for hydroxylation is 2. The molecule has 0 bridgehead atoms. The van der Waals surface area contributed by atoms with Crippen LogP contribution in [0.5, 0.6) is 0 Å². The van der Waals surface area contributed by atoms with E-state index in [1.165, 1.54) is 0 Å². The zero-order valence-corrected chi connectivity index (χ0v) is 21.8. The number of benzene rings is 3. The van der Waals surface area contributed by atoms with Crippen LogP contribution in [0.2, 0.25) is 0 Å². The molecule has 8 nitrogen and oxygen atoms in total. The number of tetrazole rings is 1. The Morgan fingerprint density at radius 3 is 2.66 bits per heavy atom. The summed E-state index contributed by atoms with van der Waals surface area (Å²) in [6.45, 7) is 5.64.